The highest BCUT2D eigenvalue weighted by Crippen LogP contribution is 2.36. The van der Waals surface area contributed by atoms with Gasteiger partial charge in [-0.2, -0.15) is 0 Å². The molecule has 1 N–H and O–H groups in total. The zero-order valence-corrected chi connectivity index (χ0v) is 13.5. The van der Waals surface area contributed by atoms with Crippen molar-refractivity contribution < 1.29 is 18.1 Å². The number of ether oxygens (including phenoxy) is 1. The summed E-state index contributed by atoms with van der Waals surface area (Å²) in [5.41, 5.74) is -0.391. The van der Waals surface area contributed by atoms with Crippen LogP contribution in [0.25, 0.3) is 0 Å². The van der Waals surface area contributed by atoms with E-state index >= 15 is 0 Å². The highest BCUT2D eigenvalue weighted by Gasteiger charge is 2.25. The summed E-state index contributed by atoms with van der Waals surface area (Å²) in [7, 11) is -3.77. The Morgan fingerprint density at radius 2 is 2.29 bits per heavy atom. The molecular formula is C11H15ClN2O5S2. The first-order valence-electron chi connectivity index (χ1n) is 6.45. The van der Waals surface area contributed by atoms with Crippen LogP contribution in [0.3, 0.4) is 0 Å². The van der Waals surface area contributed by atoms with Crippen LogP contribution in [0.5, 0.6) is 0 Å². The highest BCUT2D eigenvalue weighted by molar-refractivity contribution is 7.91. The molecule has 7 nitrogen and oxygen atoms in total. The first-order chi connectivity index (χ1) is 9.90. The van der Waals surface area contributed by atoms with Gasteiger partial charge in [-0.1, -0.05) is 11.6 Å². The van der Waals surface area contributed by atoms with Crippen LogP contribution in [0.1, 0.15) is 25.7 Å². The van der Waals surface area contributed by atoms with E-state index in [1.165, 1.54) is 0 Å². The lowest BCUT2D eigenvalue weighted by molar-refractivity contribution is -0.384. The van der Waals surface area contributed by atoms with Crippen molar-refractivity contribution in [3.8, 4) is 0 Å². The fraction of sp³-hybridized carbons (Fsp3) is 0.636. The molecule has 1 aromatic rings. The zero-order valence-electron chi connectivity index (χ0n) is 11.1. The van der Waals surface area contributed by atoms with Crippen LogP contribution >= 0.6 is 22.9 Å². The number of nitrogens with zero attached hydrogens (tertiary/aromatic N) is 1. The third-order valence-electron chi connectivity index (χ3n) is 3.14. The lowest BCUT2D eigenvalue weighted by Gasteiger charge is -2.22. The number of nitrogens with one attached hydrogen (secondary N) is 1. The Morgan fingerprint density at radius 1 is 1.52 bits per heavy atom. The van der Waals surface area contributed by atoms with Gasteiger partial charge < -0.3 is 4.74 Å². The summed E-state index contributed by atoms with van der Waals surface area (Å²) in [6, 6.07) is 0.979. The van der Waals surface area contributed by atoms with Crippen LogP contribution in [-0.2, 0) is 14.8 Å². The molecule has 1 aromatic heterocycles. The highest BCUT2D eigenvalue weighted by atomic mass is 35.5. The Bertz CT molecular complexity index is 610. The summed E-state index contributed by atoms with van der Waals surface area (Å²) >= 11 is 6.34. The molecule has 1 unspecified atom stereocenters. The Labute approximate surface area is 131 Å². The van der Waals surface area contributed by atoms with E-state index in [4.69, 9.17) is 16.3 Å². The normalized spacial score (nSPS) is 19.6. The molecule has 0 radical (unpaired) electrons. The van der Waals surface area contributed by atoms with Gasteiger partial charge in [0.25, 0.3) is 5.69 Å². The van der Waals surface area contributed by atoms with Gasteiger partial charge >= 0.3 is 0 Å². The summed E-state index contributed by atoms with van der Waals surface area (Å²) in [5, 5.41) is 10.7. The van der Waals surface area contributed by atoms with Gasteiger partial charge in [0.05, 0.1) is 11.0 Å². The maximum absolute atomic E-state index is 12.0. The third kappa shape index (κ3) is 4.36. The fourth-order valence-electron chi connectivity index (χ4n) is 2.06. The van der Waals surface area contributed by atoms with Gasteiger partial charge in [0.2, 0.25) is 10.0 Å². The minimum absolute atomic E-state index is 0.0720. The second-order valence-electron chi connectivity index (χ2n) is 4.66. The second-order valence-corrected chi connectivity index (χ2v) is 8.30. The molecule has 0 spiro atoms. The molecule has 2 rings (SSSR count). The topological polar surface area (TPSA) is 98.5 Å². The van der Waals surface area contributed by atoms with Gasteiger partial charge in [-0.15, -0.1) is 11.3 Å². The zero-order chi connectivity index (χ0) is 15.5. The van der Waals surface area contributed by atoms with Crippen LogP contribution in [0, 0.1) is 10.1 Å². The number of sulfonamides is 1. The monoisotopic (exact) mass is 354 g/mol. The molecule has 21 heavy (non-hydrogen) atoms. The quantitative estimate of drug-likeness (QED) is 0.625. The number of hydrogen-bond acceptors (Lipinski definition) is 6. The van der Waals surface area contributed by atoms with Crippen molar-refractivity contribution in [3.63, 3.8) is 0 Å². The molecule has 1 aliphatic heterocycles. The van der Waals surface area contributed by atoms with Crippen molar-refractivity contribution in [2.24, 2.45) is 0 Å². The van der Waals surface area contributed by atoms with E-state index in [9.17, 15) is 18.5 Å². The SMILES string of the molecule is O=[N+]([O-])c1cc(S(=O)(=O)NCCC2CCCCO2)sc1Cl. The van der Waals surface area contributed by atoms with E-state index in [1.54, 1.807) is 0 Å². The van der Waals surface area contributed by atoms with Crippen molar-refractivity contribution in [2.45, 2.75) is 36.0 Å². The molecule has 0 bridgehead atoms. The van der Waals surface area contributed by atoms with Crippen molar-refractivity contribution >= 4 is 38.6 Å². The molecule has 0 saturated carbocycles. The molecule has 118 valence electrons. The maximum Gasteiger partial charge on any atom is 0.300 e. The van der Waals surface area contributed by atoms with E-state index in [-0.39, 0.29) is 21.2 Å². The molecule has 10 heteroatoms. The molecule has 2 heterocycles. The molecule has 0 amide bonds. The Balaban J connectivity index is 1.95. The minimum atomic E-state index is -3.77. The molecular weight excluding hydrogens is 340 g/mol. The Morgan fingerprint density at radius 3 is 2.86 bits per heavy atom. The number of halogens is 1. The predicted molar refractivity (Wildman–Crippen MR) is 79.4 cm³/mol. The van der Waals surface area contributed by atoms with E-state index in [0.29, 0.717) is 24.4 Å². The summed E-state index contributed by atoms with van der Waals surface area (Å²) in [4.78, 5) is 9.98. The third-order valence-corrected chi connectivity index (χ3v) is 6.41. The largest absolute Gasteiger partial charge is 0.378 e. The molecule has 1 atom stereocenters. The number of nitro groups is 1. The van der Waals surface area contributed by atoms with Crippen LogP contribution in [0.4, 0.5) is 5.69 Å². The van der Waals surface area contributed by atoms with Gasteiger partial charge in [0.1, 0.15) is 4.21 Å². The van der Waals surface area contributed by atoms with Crippen LogP contribution < -0.4 is 4.72 Å². The molecule has 0 aliphatic carbocycles. The van der Waals surface area contributed by atoms with Crippen molar-refractivity contribution in [3.05, 3.63) is 20.5 Å². The maximum atomic E-state index is 12.0. The molecule has 1 fully saturated rings. The number of hydrogen-bond donors (Lipinski definition) is 1. The van der Waals surface area contributed by atoms with Crippen molar-refractivity contribution in [1.82, 2.24) is 4.72 Å². The Hall–Kier alpha value is -0.740. The molecule has 0 aromatic carbocycles. The molecule has 1 aliphatic rings. The summed E-state index contributed by atoms with van der Waals surface area (Å²) in [6.45, 7) is 0.945. The number of thiophene rings is 1. The van der Waals surface area contributed by atoms with Crippen molar-refractivity contribution in [2.75, 3.05) is 13.2 Å². The predicted octanol–water partition coefficient (Wildman–Crippen LogP) is 2.55. The van der Waals surface area contributed by atoms with Crippen LogP contribution in [0.2, 0.25) is 4.34 Å². The Kier molecular flexibility index (Phi) is 5.55. The minimum Gasteiger partial charge on any atom is -0.378 e. The van der Waals surface area contributed by atoms with E-state index in [0.717, 1.165) is 25.3 Å². The van der Waals surface area contributed by atoms with Crippen LogP contribution in [-0.4, -0.2) is 32.6 Å². The van der Waals surface area contributed by atoms with Gasteiger partial charge in [-0.25, -0.2) is 13.1 Å². The van der Waals surface area contributed by atoms with Gasteiger partial charge in [0.15, 0.2) is 4.34 Å². The smallest absolute Gasteiger partial charge is 0.300 e. The van der Waals surface area contributed by atoms with Gasteiger partial charge in [-0.05, 0) is 25.7 Å². The average molecular weight is 355 g/mol. The lowest BCUT2D eigenvalue weighted by Crippen LogP contribution is -2.29. The lowest BCUT2D eigenvalue weighted by atomic mass is 10.1. The standard InChI is InChI=1S/C11H15ClN2O5S2/c12-11-9(14(15)16)7-10(20-11)21(17,18)13-5-4-8-3-1-2-6-19-8/h7-8,13H,1-6H2. The summed E-state index contributed by atoms with van der Waals surface area (Å²) in [5.74, 6) is 0. The van der Waals surface area contributed by atoms with Gasteiger partial charge in [0, 0.05) is 19.2 Å². The molecule has 1 saturated heterocycles. The van der Waals surface area contributed by atoms with Gasteiger partial charge in [-0.3, -0.25) is 10.1 Å². The first kappa shape index (κ1) is 16.6. The van der Waals surface area contributed by atoms with E-state index < -0.39 is 20.6 Å². The van der Waals surface area contributed by atoms with Crippen LogP contribution in [0.15, 0.2) is 10.3 Å². The summed E-state index contributed by atoms with van der Waals surface area (Å²) in [6.07, 6.45) is 3.71. The second kappa shape index (κ2) is 7.01. The first-order valence-corrected chi connectivity index (χ1v) is 9.13. The van der Waals surface area contributed by atoms with Crippen molar-refractivity contribution in [1.29, 1.82) is 0 Å². The fourth-order valence-corrected chi connectivity index (χ4v) is 4.81. The van der Waals surface area contributed by atoms with E-state index in [2.05, 4.69) is 4.72 Å². The summed E-state index contributed by atoms with van der Waals surface area (Å²) < 4.78 is 31.7. The van der Waals surface area contributed by atoms with E-state index in [1.807, 2.05) is 0 Å². The number of rotatable bonds is 6. The average Bonchev–Trinajstić information content (AvgIpc) is 2.83.